The first-order valence-electron chi connectivity index (χ1n) is 6.51. The van der Waals surface area contributed by atoms with Crippen molar-refractivity contribution in [2.75, 3.05) is 11.1 Å². The SMILES string of the molecule is Nc1nc(NCc2ccccc2)nc(-c2cccnc2)n1. The highest BCUT2D eigenvalue weighted by molar-refractivity contribution is 5.56. The summed E-state index contributed by atoms with van der Waals surface area (Å²) in [6.45, 7) is 0.622. The zero-order chi connectivity index (χ0) is 14.5. The number of nitrogen functional groups attached to an aromatic ring is 1. The van der Waals surface area contributed by atoms with Crippen LogP contribution in [0.3, 0.4) is 0 Å². The van der Waals surface area contributed by atoms with E-state index < -0.39 is 0 Å². The van der Waals surface area contributed by atoms with Crippen LogP contribution in [-0.2, 0) is 6.54 Å². The highest BCUT2D eigenvalue weighted by atomic mass is 15.2. The molecule has 0 saturated carbocycles. The number of hydrogen-bond acceptors (Lipinski definition) is 6. The zero-order valence-corrected chi connectivity index (χ0v) is 11.3. The summed E-state index contributed by atoms with van der Waals surface area (Å²) in [5, 5.41) is 3.15. The fourth-order valence-electron chi connectivity index (χ4n) is 1.87. The summed E-state index contributed by atoms with van der Waals surface area (Å²) >= 11 is 0. The first-order chi connectivity index (χ1) is 10.3. The molecule has 0 aliphatic carbocycles. The van der Waals surface area contributed by atoms with Crippen LogP contribution in [0, 0.1) is 0 Å². The standard InChI is InChI=1S/C15H14N6/c16-14-19-13(12-7-4-8-17-10-12)20-15(21-14)18-9-11-5-2-1-3-6-11/h1-8,10H,9H2,(H3,16,18,19,20,21). The van der Waals surface area contributed by atoms with Gasteiger partial charge in [0, 0.05) is 24.5 Å². The van der Waals surface area contributed by atoms with E-state index >= 15 is 0 Å². The second-order valence-electron chi connectivity index (χ2n) is 4.42. The molecule has 0 saturated heterocycles. The first kappa shape index (κ1) is 13.0. The number of nitrogens with two attached hydrogens (primary N) is 1. The maximum absolute atomic E-state index is 5.74. The molecule has 0 aliphatic heterocycles. The van der Waals surface area contributed by atoms with E-state index in [1.165, 1.54) is 0 Å². The van der Waals surface area contributed by atoms with Crippen LogP contribution in [0.5, 0.6) is 0 Å². The van der Waals surface area contributed by atoms with Crippen LogP contribution in [0.2, 0.25) is 0 Å². The van der Waals surface area contributed by atoms with Crippen molar-refractivity contribution in [2.45, 2.75) is 6.54 Å². The Bertz CT molecular complexity index is 715. The average molecular weight is 278 g/mol. The molecule has 0 unspecified atom stereocenters. The number of pyridine rings is 1. The zero-order valence-electron chi connectivity index (χ0n) is 11.3. The normalized spacial score (nSPS) is 10.3. The van der Waals surface area contributed by atoms with Crippen molar-refractivity contribution in [1.29, 1.82) is 0 Å². The van der Waals surface area contributed by atoms with Crippen molar-refractivity contribution >= 4 is 11.9 Å². The summed E-state index contributed by atoms with van der Waals surface area (Å²) in [5.41, 5.74) is 7.68. The highest BCUT2D eigenvalue weighted by Crippen LogP contribution is 2.15. The fraction of sp³-hybridized carbons (Fsp3) is 0.0667. The molecule has 1 aromatic carbocycles. The van der Waals surface area contributed by atoms with Gasteiger partial charge in [-0.15, -0.1) is 0 Å². The Kier molecular flexibility index (Phi) is 3.68. The van der Waals surface area contributed by atoms with E-state index in [0.717, 1.165) is 11.1 Å². The minimum atomic E-state index is 0.180. The molecule has 21 heavy (non-hydrogen) atoms. The topological polar surface area (TPSA) is 89.6 Å². The Morgan fingerprint density at radius 3 is 2.57 bits per heavy atom. The van der Waals surface area contributed by atoms with Crippen LogP contribution in [-0.4, -0.2) is 19.9 Å². The van der Waals surface area contributed by atoms with Gasteiger partial charge in [0.05, 0.1) is 0 Å². The molecule has 0 aliphatic rings. The van der Waals surface area contributed by atoms with Gasteiger partial charge in [0.25, 0.3) is 0 Å². The average Bonchev–Trinajstić information content (AvgIpc) is 2.54. The number of aromatic nitrogens is 4. The Labute approximate surface area is 122 Å². The number of anilines is 2. The molecule has 3 N–H and O–H groups in total. The fourth-order valence-corrected chi connectivity index (χ4v) is 1.87. The lowest BCUT2D eigenvalue weighted by Gasteiger charge is -2.07. The molecule has 0 atom stereocenters. The van der Waals surface area contributed by atoms with E-state index in [0.29, 0.717) is 18.3 Å². The van der Waals surface area contributed by atoms with Crippen LogP contribution in [0.25, 0.3) is 11.4 Å². The van der Waals surface area contributed by atoms with E-state index in [1.54, 1.807) is 12.4 Å². The van der Waals surface area contributed by atoms with E-state index in [9.17, 15) is 0 Å². The Balaban J connectivity index is 1.82. The molecule has 104 valence electrons. The van der Waals surface area contributed by atoms with Gasteiger partial charge >= 0.3 is 0 Å². The first-order valence-corrected chi connectivity index (χ1v) is 6.51. The summed E-state index contributed by atoms with van der Waals surface area (Å²) in [6, 6.07) is 13.7. The maximum Gasteiger partial charge on any atom is 0.228 e. The molecule has 0 bridgehead atoms. The number of nitrogens with zero attached hydrogens (tertiary/aromatic N) is 4. The molecule has 2 heterocycles. The monoisotopic (exact) mass is 278 g/mol. The van der Waals surface area contributed by atoms with Crippen LogP contribution >= 0.6 is 0 Å². The Morgan fingerprint density at radius 2 is 1.81 bits per heavy atom. The van der Waals surface area contributed by atoms with Crippen LogP contribution in [0.4, 0.5) is 11.9 Å². The lowest BCUT2D eigenvalue weighted by atomic mass is 10.2. The predicted molar refractivity (Wildman–Crippen MR) is 81.2 cm³/mol. The smallest absolute Gasteiger partial charge is 0.228 e. The van der Waals surface area contributed by atoms with Gasteiger partial charge in [-0.3, -0.25) is 4.98 Å². The number of nitrogens with one attached hydrogen (secondary N) is 1. The van der Waals surface area contributed by atoms with Gasteiger partial charge < -0.3 is 11.1 Å². The van der Waals surface area contributed by atoms with Gasteiger partial charge in [0.1, 0.15) is 0 Å². The lowest BCUT2D eigenvalue weighted by Crippen LogP contribution is -2.08. The summed E-state index contributed by atoms with van der Waals surface area (Å²) in [7, 11) is 0. The van der Waals surface area contributed by atoms with Crippen molar-refractivity contribution < 1.29 is 0 Å². The molecule has 6 heteroatoms. The third-order valence-electron chi connectivity index (χ3n) is 2.87. The second kappa shape index (κ2) is 5.96. The molecule has 0 fully saturated rings. The van der Waals surface area contributed by atoms with Gasteiger partial charge in [0.15, 0.2) is 5.82 Å². The number of rotatable bonds is 4. The van der Waals surface area contributed by atoms with E-state index in [4.69, 9.17) is 5.73 Å². The molecule has 0 amide bonds. The van der Waals surface area contributed by atoms with Crippen molar-refractivity contribution in [3.05, 3.63) is 60.4 Å². The third kappa shape index (κ3) is 3.30. The van der Waals surface area contributed by atoms with Crippen LogP contribution in [0.1, 0.15) is 5.56 Å². The largest absolute Gasteiger partial charge is 0.368 e. The lowest BCUT2D eigenvalue weighted by molar-refractivity contribution is 1.02. The van der Waals surface area contributed by atoms with E-state index in [1.807, 2.05) is 42.5 Å². The third-order valence-corrected chi connectivity index (χ3v) is 2.87. The Hall–Kier alpha value is -3.02. The number of benzene rings is 1. The van der Waals surface area contributed by atoms with Crippen molar-refractivity contribution in [3.8, 4) is 11.4 Å². The molecule has 2 aromatic heterocycles. The van der Waals surface area contributed by atoms with Gasteiger partial charge in [-0.2, -0.15) is 15.0 Å². The maximum atomic E-state index is 5.74. The highest BCUT2D eigenvalue weighted by Gasteiger charge is 2.06. The molecule has 3 rings (SSSR count). The quantitative estimate of drug-likeness (QED) is 0.760. The minimum Gasteiger partial charge on any atom is -0.368 e. The summed E-state index contributed by atoms with van der Waals surface area (Å²) < 4.78 is 0. The summed E-state index contributed by atoms with van der Waals surface area (Å²) in [5.74, 6) is 1.13. The molecule has 6 nitrogen and oxygen atoms in total. The van der Waals surface area contributed by atoms with Gasteiger partial charge in [-0.25, -0.2) is 0 Å². The Morgan fingerprint density at radius 1 is 0.952 bits per heavy atom. The number of hydrogen-bond donors (Lipinski definition) is 2. The predicted octanol–water partition coefficient (Wildman–Crippen LogP) is 2.13. The molecule has 0 radical (unpaired) electrons. The van der Waals surface area contributed by atoms with Gasteiger partial charge in [-0.1, -0.05) is 30.3 Å². The molecular weight excluding hydrogens is 264 g/mol. The van der Waals surface area contributed by atoms with Crippen molar-refractivity contribution in [1.82, 2.24) is 19.9 Å². The van der Waals surface area contributed by atoms with E-state index in [2.05, 4.69) is 25.3 Å². The summed E-state index contributed by atoms with van der Waals surface area (Å²) in [6.07, 6.45) is 3.39. The van der Waals surface area contributed by atoms with Crippen molar-refractivity contribution in [3.63, 3.8) is 0 Å². The van der Waals surface area contributed by atoms with Crippen LogP contribution < -0.4 is 11.1 Å². The van der Waals surface area contributed by atoms with Gasteiger partial charge in [0.2, 0.25) is 11.9 Å². The van der Waals surface area contributed by atoms with Gasteiger partial charge in [-0.05, 0) is 17.7 Å². The van der Waals surface area contributed by atoms with E-state index in [-0.39, 0.29) is 5.95 Å². The van der Waals surface area contributed by atoms with Crippen molar-refractivity contribution in [2.24, 2.45) is 0 Å². The molecule has 0 spiro atoms. The molecular formula is C15H14N6. The summed E-state index contributed by atoms with van der Waals surface area (Å²) in [4.78, 5) is 16.7. The van der Waals surface area contributed by atoms with Crippen LogP contribution in [0.15, 0.2) is 54.9 Å². The minimum absolute atomic E-state index is 0.180. The molecule has 3 aromatic rings. The second-order valence-corrected chi connectivity index (χ2v) is 4.42.